The van der Waals surface area contributed by atoms with Crippen molar-refractivity contribution >= 4 is 21.8 Å². The lowest BCUT2D eigenvalue weighted by molar-refractivity contribution is -0.142. The number of urea groups is 1. The molecule has 21 heavy (non-hydrogen) atoms. The number of carboxylic acids is 1. The third kappa shape index (κ3) is 3.85. The zero-order chi connectivity index (χ0) is 15.6. The maximum absolute atomic E-state index is 12.1. The van der Waals surface area contributed by atoms with E-state index in [2.05, 4.69) is 5.32 Å². The normalized spacial score (nSPS) is 31.6. The van der Waals surface area contributed by atoms with Crippen LogP contribution in [0.4, 0.5) is 4.79 Å². The van der Waals surface area contributed by atoms with Crippen LogP contribution in [0, 0.1) is 5.92 Å². The number of likely N-dealkylation sites (N-methyl/N-ethyl adjacent to an activating group) is 1. The number of rotatable bonds is 3. The molecule has 0 radical (unpaired) electrons. The van der Waals surface area contributed by atoms with Crippen molar-refractivity contribution in [2.45, 2.75) is 24.9 Å². The van der Waals surface area contributed by atoms with Crippen molar-refractivity contribution in [1.29, 1.82) is 0 Å². The molecule has 8 nitrogen and oxygen atoms in total. The van der Waals surface area contributed by atoms with E-state index in [1.54, 1.807) is 0 Å². The highest BCUT2D eigenvalue weighted by atomic mass is 32.2. The summed E-state index contributed by atoms with van der Waals surface area (Å²) in [4.78, 5) is 24.5. The second-order valence-corrected chi connectivity index (χ2v) is 7.79. The fourth-order valence-electron chi connectivity index (χ4n) is 2.72. The van der Waals surface area contributed by atoms with Crippen molar-refractivity contribution in [2.24, 2.45) is 5.92 Å². The number of carbonyl (C=O) groups excluding carboxylic acids is 1. The van der Waals surface area contributed by atoms with Gasteiger partial charge in [0.1, 0.15) is 5.92 Å². The highest BCUT2D eigenvalue weighted by Crippen LogP contribution is 2.19. The number of nitrogens with one attached hydrogen (secondary N) is 1. The molecule has 2 amide bonds. The number of carboxylic acid groups (broad SMARTS) is 1. The quantitative estimate of drug-likeness (QED) is 0.711. The minimum absolute atomic E-state index is 0.0594. The molecule has 3 atom stereocenters. The molecule has 0 spiro atoms. The smallest absolute Gasteiger partial charge is 0.317 e. The molecule has 2 N–H and O–H groups in total. The topological polar surface area (TPSA) is 113 Å². The van der Waals surface area contributed by atoms with E-state index in [-0.39, 0.29) is 24.7 Å². The summed E-state index contributed by atoms with van der Waals surface area (Å²) in [5.74, 6) is -1.66. The predicted octanol–water partition coefficient (Wildman–Crippen LogP) is -0.695. The maximum Gasteiger partial charge on any atom is 0.317 e. The van der Waals surface area contributed by atoms with E-state index in [9.17, 15) is 18.0 Å². The van der Waals surface area contributed by atoms with Crippen molar-refractivity contribution in [2.75, 3.05) is 31.8 Å². The predicted molar refractivity (Wildman–Crippen MR) is 73.7 cm³/mol. The molecule has 0 aromatic carbocycles. The van der Waals surface area contributed by atoms with Gasteiger partial charge in [0.2, 0.25) is 0 Å². The molecule has 2 heterocycles. The van der Waals surface area contributed by atoms with Crippen LogP contribution in [-0.4, -0.2) is 74.3 Å². The highest BCUT2D eigenvalue weighted by molar-refractivity contribution is 7.91. The van der Waals surface area contributed by atoms with Crippen LogP contribution in [0.2, 0.25) is 0 Å². The molecule has 0 bridgehead atoms. The van der Waals surface area contributed by atoms with Gasteiger partial charge in [-0.05, 0) is 12.8 Å². The molecular weight excluding hydrogens is 300 g/mol. The molecule has 2 fully saturated rings. The number of nitrogens with zero attached hydrogens (tertiary/aromatic N) is 1. The second kappa shape index (κ2) is 6.18. The number of ether oxygens (including phenoxy) is 1. The molecule has 2 saturated heterocycles. The van der Waals surface area contributed by atoms with Gasteiger partial charge in [-0.25, -0.2) is 13.2 Å². The SMILES string of the molecule is CN(C(=O)NC1CCCS(=O)(=O)C1)C1COCC1C(=O)O. The van der Waals surface area contributed by atoms with E-state index >= 15 is 0 Å². The monoisotopic (exact) mass is 320 g/mol. The number of aliphatic carboxylic acids is 1. The van der Waals surface area contributed by atoms with Crippen LogP contribution in [0.5, 0.6) is 0 Å². The van der Waals surface area contributed by atoms with Gasteiger partial charge in [0.15, 0.2) is 9.84 Å². The summed E-state index contributed by atoms with van der Waals surface area (Å²) >= 11 is 0. The Labute approximate surface area is 123 Å². The minimum Gasteiger partial charge on any atom is -0.481 e. The molecule has 0 aliphatic carbocycles. The van der Waals surface area contributed by atoms with E-state index in [0.29, 0.717) is 12.8 Å². The Kier molecular flexibility index (Phi) is 4.72. The van der Waals surface area contributed by atoms with Gasteiger partial charge in [-0.1, -0.05) is 0 Å². The van der Waals surface area contributed by atoms with Gasteiger partial charge in [-0.3, -0.25) is 4.79 Å². The van der Waals surface area contributed by atoms with E-state index < -0.39 is 39.8 Å². The van der Waals surface area contributed by atoms with Crippen LogP contribution < -0.4 is 5.32 Å². The Morgan fingerprint density at radius 3 is 2.67 bits per heavy atom. The Morgan fingerprint density at radius 1 is 1.33 bits per heavy atom. The molecule has 120 valence electrons. The van der Waals surface area contributed by atoms with Crippen LogP contribution in [0.3, 0.4) is 0 Å². The molecule has 2 aliphatic heterocycles. The Balaban J connectivity index is 1.95. The average Bonchev–Trinajstić information content (AvgIpc) is 2.85. The van der Waals surface area contributed by atoms with Gasteiger partial charge in [0.25, 0.3) is 0 Å². The summed E-state index contributed by atoms with van der Waals surface area (Å²) in [6, 6.07) is -1.41. The first-order valence-electron chi connectivity index (χ1n) is 6.84. The summed E-state index contributed by atoms with van der Waals surface area (Å²) in [6.07, 6.45) is 1.14. The molecule has 3 unspecified atom stereocenters. The van der Waals surface area contributed by atoms with Gasteiger partial charge in [-0.15, -0.1) is 0 Å². The van der Waals surface area contributed by atoms with Crippen molar-refractivity contribution in [3.63, 3.8) is 0 Å². The first-order valence-corrected chi connectivity index (χ1v) is 8.66. The number of carbonyl (C=O) groups is 2. The molecule has 0 saturated carbocycles. The fraction of sp³-hybridized carbons (Fsp3) is 0.833. The molecule has 2 aliphatic rings. The van der Waals surface area contributed by atoms with E-state index in [4.69, 9.17) is 9.84 Å². The molecule has 0 aromatic rings. The lowest BCUT2D eigenvalue weighted by atomic mass is 10.0. The van der Waals surface area contributed by atoms with Crippen LogP contribution in [-0.2, 0) is 19.4 Å². The Bertz CT molecular complexity index is 520. The van der Waals surface area contributed by atoms with E-state index in [0.717, 1.165) is 0 Å². The van der Waals surface area contributed by atoms with Gasteiger partial charge in [-0.2, -0.15) is 0 Å². The zero-order valence-corrected chi connectivity index (χ0v) is 12.6. The van der Waals surface area contributed by atoms with Gasteiger partial charge in [0.05, 0.1) is 30.8 Å². The second-order valence-electron chi connectivity index (χ2n) is 5.56. The van der Waals surface area contributed by atoms with Crippen molar-refractivity contribution < 1.29 is 27.9 Å². The number of hydrogen-bond donors (Lipinski definition) is 2. The molecule has 0 aromatic heterocycles. The summed E-state index contributed by atoms with van der Waals surface area (Å²) in [5, 5.41) is 11.8. The molecule has 9 heteroatoms. The lowest BCUT2D eigenvalue weighted by Crippen LogP contribution is -2.52. The average molecular weight is 320 g/mol. The van der Waals surface area contributed by atoms with Crippen molar-refractivity contribution in [3.05, 3.63) is 0 Å². The summed E-state index contributed by atoms with van der Waals surface area (Å²) in [6.45, 7) is 0.249. The van der Waals surface area contributed by atoms with Crippen LogP contribution in [0.1, 0.15) is 12.8 Å². The molecular formula is C12H20N2O6S. The third-order valence-corrected chi connectivity index (χ3v) is 5.80. The molecule has 2 rings (SSSR count). The van der Waals surface area contributed by atoms with Crippen molar-refractivity contribution in [3.8, 4) is 0 Å². The zero-order valence-electron chi connectivity index (χ0n) is 11.8. The number of hydrogen-bond acceptors (Lipinski definition) is 5. The summed E-state index contributed by atoms with van der Waals surface area (Å²) in [7, 11) is -1.60. The first-order chi connectivity index (χ1) is 9.80. The lowest BCUT2D eigenvalue weighted by Gasteiger charge is -2.30. The summed E-state index contributed by atoms with van der Waals surface area (Å²) in [5.41, 5.74) is 0. The first kappa shape index (κ1) is 16.0. The van der Waals surface area contributed by atoms with E-state index in [1.165, 1.54) is 11.9 Å². The largest absolute Gasteiger partial charge is 0.481 e. The van der Waals surface area contributed by atoms with Gasteiger partial charge < -0.3 is 20.1 Å². The Morgan fingerprint density at radius 2 is 2.05 bits per heavy atom. The van der Waals surface area contributed by atoms with Crippen LogP contribution >= 0.6 is 0 Å². The number of amides is 2. The van der Waals surface area contributed by atoms with Gasteiger partial charge >= 0.3 is 12.0 Å². The van der Waals surface area contributed by atoms with Crippen molar-refractivity contribution in [1.82, 2.24) is 10.2 Å². The number of sulfone groups is 1. The van der Waals surface area contributed by atoms with Crippen LogP contribution in [0.15, 0.2) is 0 Å². The maximum atomic E-state index is 12.1. The van der Waals surface area contributed by atoms with Crippen LogP contribution in [0.25, 0.3) is 0 Å². The Hall–Kier alpha value is -1.35. The highest BCUT2D eigenvalue weighted by Gasteiger charge is 2.39. The fourth-order valence-corrected chi connectivity index (χ4v) is 4.36. The minimum atomic E-state index is -3.10. The van der Waals surface area contributed by atoms with Gasteiger partial charge in [0, 0.05) is 13.1 Å². The third-order valence-electron chi connectivity index (χ3n) is 3.98. The standard InChI is InChI=1S/C12H20N2O6S/c1-14(10-6-20-5-9(10)11(15)16)12(17)13-8-3-2-4-21(18,19)7-8/h8-10H,2-7H2,1H3,(H,13,17)(H,15,16). The van der Waals surface area contributed by atoms with E-state index in [1.807, 2.05) is 0 Å². The summed E-state index contributed by atoms with van der Waals surface area (Å²) < 4.78 is 28.2.